The van der Waals surface area contributed by atoms with Crippen molar-refractivity contribution in [3.63, 3.8) is 0 Å². The summed E-state index contributed by atoms with van der Waals surface area (Å²) in [7, 11) is 0. The Morgan fingerprint density at radius 3 is 2.06 bits per heavy atom. The van der Waals surface area contributed by atoms with Gasteiger partial charge in [-0.05, 0) is 5.56 Å². The van der Waals surface area contributed by atoms with Gasteiger partial charge in [0.1, 0.15) is 0 Å². The minimum Gasteiger partial charge on any atom is -0.198 e. The molecular weight excluding hydrogens is 198 g/mol. The van der Waals surface area contributed by atoms with E-state index < -0.39 is 11.8 Å². The molecule has 0 aromatic heterocycles. The molecule has 76 valence electrons. The van der Waals surface area contributed by atoms with Crippen LogP contribution in [0.1, 0.15) is 5.56 Å². The number of nitrogens with zero attached hydrogens (tertiary/aromatic N) is 3. The quantitative estimate of drug-likeness (QED) is 0.764. The second-order valence-corrected chi connectivity index (χ2v) is 3.16. The second-order valence-electron chi connectivity index (χ2n) is 3.16. The summed E-state index contributed by atoms with van der Waals surface area (Å²) in [5.74, 6) is -1.60. The normalized spacial score (nSPS) is 11.6. The fraction of sp³-hybridized carbons (Fsp3) is 0.154. The first-order valence-corrected chi connectivity index (χ1v) is 4.74. The van der Waals surface area contributed by atoms with E-state index in [9.17, 15) is 0 Å². The van der Waals surface area contributed by atoms with Gasteiger partial charge in [0.05, 0.1) is 24.1 Å². The molecule has 1 unspecified atom stereocenters. The Morgan fingerprint density at radius 2 is 1.56 bits per heavy atom. The Hall–Kier alpha value is -2.57. The van der Waals surface area contributed by atoms with E-state index in [-0.39, 0.29) is 0 Å². The highest BCUT2D eigenvalue weighted by molar-refractivity contribution is 5.50. The van der Waals surface area contributed by atoms with Crippen LogP contribution in [-0.4, -0.2) is 0 Å². The maximum Gasteiger partial charge on any atom is 0.152 e. The zero-order valence-corrected chi connectivity index (χ0v) is 8.54. The summed E-state index contributed by atoms with van der Waals surface area (Å²) in [5.41, 5.74) is 0.942. The minimum atomic E-state index is -0.912. The lowest BCUT2D eigenvalue weighted by atomic mass is 9.95. The molecule has 0 aliphatic rings. The van der Waals surface area contributed by atoms with Crippen LogP contribution in [0.4, 0.5) is 0 Å². The lowest BCUT2D eigenvalue weighted by molar-refractivity contribution is 0.717. The Labute approximate surface area is 94.5 Å². The largest absolute Gasteiger partial charge is 0.198 e. The lowest BCUT2D eigenvalue weighted by Crippen LogP contribution is -2.05. The SMILES string of the molecule is N#CC(C#N)C(C#N)C=Cc1ccccc1. The third kappa shape index (κ3) is 2.98. The molecule has 1 rings (SSSR count). The molecule has 0 spiro atoms. The Kier molecular flexibility index (Phi) is 4.33. The van der Waals surface area contributed by atoms with Crippen molar-refractivity contribution in [1.29, 1.82) is 15.8 Å². The van der Waals surface area contributed by atoms with Crippen LogP contribution in [0.15, 0.2) is 36.4 Å². The van der Waals surface area contributed by atoms with Crippen LogP contribution in [-0.2, 0) is 0 Å². The van der Waals surface area contributed by atoms with Crippen molar-refractivity contribution >= 4 is 6.08 Å². The number of hydrogen-bond acceptors (Lipinski definition) is 3. The number of nitriles is 3. The van der Waals surface area contributed by atoms with Gasteiger partial charge in [-0.25, -0.2) is 0 Å². The number of allylic oxidation sites excluding steroid dienone is 1. The van der Waals surface area contributed by atoms with E-state index in [0.29, 0.717) is 0 Å². The van der Waals surface area contributed by atoms with Crippen molar-refractivity contribution in [2.24, 2.45) is 11.8 Å². The van der Waals surface area contributed by atoms with Gasteiger partial charge in [-0.2, -0.15) is 15.8 Å². The van der Waals surface area contributed by atoms with E-state index >= 15 is 0 Å². The summed E-state index contributed by atoms with van der Waals surface area (Å²) in [6.07, 6.45) is 3.34. The molecule has 1 aromatic rings. The third-order valence-electron chi connectivity index (χ3n) is 2.08. The summed E-state index contributed by atoms with van der Waals surface area (Å²) in [6, 6.07) is 15.0. The van der Waals surface area contributed by atoms with E-state index in [4.69, 9.17) is 15.8 Å². The van der Waals surface area contributed by atoms with Crippen molar-refractivity contribution in [2.45, 2.75) is 0 Å². The van der Waals surface area contributed by atoms with Gasteiger partial charge in [-0.3, -0.25) is 0 Å². The van der Waals surface area contributed by atoms with Gasteiger partial charge in [-0.1, -0.05) is 42.5 Å². The van der Waals surface area contributed by atoms with E-state index in [1.807, 2.05) is 36.4 Å². The molecule has 0 fully saturated rings. The molecule has 16 heavy (non-hydrogen) atoms. The van der Waals surface area contributed by atoms with Crippen LogP contribution >= 0.6 is 0 Å². The Bertz CT molecular complexity index is 469. The first kappa shape index (κ1) is 11.5. The molecule has 0 aliphatic carbocycles. The monoisotopic (exact) mass is 207 g/mol. The van der Waals surface area contributed by atoms with E-state index in [2.05, 4.69) is 0 Å². The Morgan fingerprint density at radius 1 is 0.938 bits per heavy atom. The maximum atomic E-state index is 8.83. The molecule has 3 heteroatoms. The predicted octanol–water partition coefficient (Wildman–Crippen LogP) is 2.50. The van der Waals surface area contributed by atoms with E-state index in [1.165, 1.54) is 0 Å². The highest BCUT2D eigenvalue weighted by Gasteiger charge is 2.17. The molecule has 1 atom stereocenters. The molecule has 0 aliphatic heterocycles. The summed E-state index contributed by atoms with van der Waals surface area (Å²) in [5, 5.41) is 26.2. The van der Waals surface area contributed by atoms with Crippen LogP contribution in [0.3, 0.4) is 0 Å². The summed E-state index contributed by atoms with van der Waals surface area (Å²) in [4.78, 5) is 0. The third-order valence-corrected chi connectivity index (χ3v) is 2.08. The second kappa shape index (κ2) is 6.02. The molecule has 1 aromatic carbocycles. The highest BCUT2D eigenvalue weighted by Crippen LogP contribution is 2.13. The minimum absolute atomic E-state index is 0.685. The van der Waals surface area contributed by atoms with Gasteiger partial charge in [0.2, 0.25) is 0 Å². The molecular formula is C13H9N3. The fourth-order valence-electron chi connectivity index (χ4n) is 1.20. The molecule has 0 bridgehead atoms. The lowest BCUT2D eigenvalue weighted by Gasteiger charge is -2.01. The number of benzene rings is 1. The summed E-state index contributed by atoms with van der Waals surface area (Å²) in [6.45, 7) is 0. The average molecular weight is 207 g/mol. The average Bonchev–Trinajstić information content (AvgIpc) is 2.35. The van der Waals surface area contributed by atoms with Crippen molar-refractivity contribution in [1.82, 2.24) is 0 Å². The fourth-order valence-corrected chi connectivity index (χ4v) is 1.20. The smallest absolute Gasteiger partial charge is 0.152 e. The first-order chi connectivity index (χ1) is 7.81. The summed E-state index contributed by atoms with van der Waals surface area (Å²) >= 11 is 0. The first-order valence-electron chi connectivity index (χ1n) is 4.74. The van der Waals surface area contributed by atoms with Crippen molar-refractivity contribution < 1.29 is 0 Å². The topological polar surface area (TPSA) is 71.4 Å². The molecule has 0 saturated heterocycles. The molecule has 0 amide bonds. The number of rotatable bonds is 3. The molecule has 3 nitrogen and oxygen atoms in total. The predicted molar refractivity (Wildman–Crippen MR) is 59.3 cm³/mol. The van der Waals surface area contributed by atoms with Gasteiger partial charge in [-0.15, -0.1) is 0 Å². The van der Waals surface area contributed by atoms with Crippen molar-refractivity contribution in [3.8, 4) is 18.2 Å². The number of hydrogen-bond donors (Lipinski definition) is 0. The van der Waals surface area contributed by atoms with Crippen LogP contribution in [0, 0.1) is 45.8 Å². The van der Waals surface area contributed by atoms with Crippen LogP contribution in [0.2, 0.25) is 0 Å². The van der Waals surface area contributed by atoms with Gasteiger partial charge >= 0.3 is 0 Å². The van der Waals surface area contributed by atoms with Crippen molar-refractivity contribution in [2.75, 3.05) is 0 Å². The van der Waals surface area contributed by atoms with Crippen LogP contribution in [0.5, 0.6) is 0 Å². The van der Waals surface area contributed by atoms with Gasteiger partial charge in [0, 0.05) is 0 Å². The van der Waals surface area contributed by atoms with Gasteiger partial charge in [0.15, 0.2) is 5.92 Å². The standard InChI is InChI=1S/C13H9N3/c14-8-12(13(9-15)10-16)7-6-11-4-2-1-3-5-11/h1-7,12-13H. The Balaban J connectivity index is 2.81. The van der Waals surface area contributed by atoms with Crippen LogP contribution < -0.4 is 0 Å². The van der Waals surface area contributed by atoms with E-state index in [0.717, 1.165) is 5.56 Å². The highest BCUT2D eigenvalue weighted by atomic mass is 14.4. The maximum absolute atomic E-state index is 8.83. The van der Waals surface area contributed by atoms with E-state index in [1.54, 1.807) is 24.3 Å². The zero-order valence-electron chi connectivity index (χ0n) is 8.54. The molecule has 0 radical (unpaired) electrons. The molecule has 0 N–H and O–H groups in total. The summed E-state index contributed by atoms with van der Waals surface area (Å²) < 4.78 is 0. The van der Waals surface area contributed by atoms with Gasteiger partial charge < -0.3 is 0 Å². The van der Waals surface area contributed by atoms with Crippen LogP contribution in [0.25, 0.3) is 6.08 Å². The zero-order chi connectivity index (χ0) is 11.8. The van der Waals surface area contributed by atoms with Gasteiger partial charge in [0.25, 0.3) is 0 Å². The van der Waals surface area contributed by atoms with Crippen molar-refractivity contribution in [3.05, 3.63) is 42.0 Å². The molecule has 0 saturated carbocycles. The molecule has 0 heterocycles.